The summed E-state index contributed by atoms with van der Waals surface area (Å²) in [5.41, 5.74) is 1.90. The molecular formula is C10H9ClO. The second kappa shape index (κ2) is 4.07. The number of allylic oxidation sites excluding steroid dienone is 2. The van der Waals surface area contributed by atoms with Crippen molar-refractivity contribution in [3.05, 3.63) is 40.9 Å². The van der Waals surface area contributed by atoms with Crippen LogP contribution in [-0.4, -0.2) is 6.29 Å². The van der Waals surface area contributed by atoms with E-state index in [0.717, 1.165) is 17.4 Å². The summed E-state index contributed by atoms with van der Waals surface area (Å²) in [6.45, 7) is 1.88. The predicted molar refractivity (Wildman–Crippen MR) is 51.2 cm³/mol. The number of carbonyl (C=O) groups is 1. The van der Waals surface area contributed by atoms with Crippen LogP contribution in [-0.2, 0) is 4.79 Å². The maximum absolute atomic E-state index is 10.2. The molecule has 1 aromatic rings. The van der Waals surface area contributed by atoms with E-state index in [4.69, 9.17) is 11.6 Å². The normalized spacial score (nSPS) is 11.3. The molecular weight excluding hydrogens is 172 g/mol. The van der Waals surface area contributed by atoms with Crippen molar-refractivity contribution < 1.29 is 4.79 Å². The van der Waals surface area contributed by atoms with Gasteiger partial charge in [0.25, 0.3) is 0 Å². The molecule has 1 aromatic carbocycles. The Labute approximate surface area is 76.7 Å². The van der Waals surface area contributed by atoms with Crippen LogP contribution in [0.3, 0.4) is 0 Å². The highest BCUT2D eigenvalue weighted by Gasteiger charge is 1.94. The maximum Gasteiger partial charge on any atom is 0.143 e. The van der Waals surface area contributed by atoms with Gasteiger partial charge in [-0.3, -0.25) is 4.79 Å². The summed E-state index contributed by atoms with van der Waals surface area (Å²) in [4.78, 5) is 10.2. The van der Waals surface area contributed by atoms with E-state index in [2.05, 4.69) is 0 Å². The molecule has 0 radical (unpaired) electrons. The van der Waals surface area contributed by atoms with E-state index >= 15 is 0 Å². The van der Waals surface area contributed by atoms with Crippen molar-refractivity contribution >= 4 is 23.5 Å². The molecule has 0 N–H and O–H groups in total. The zero-order valence-electron chi connectivity index (χ0n) is 6.75. The van der Waals surface area contributed by atoms with Crippen LogP contribution in [0.25, 0.3) is 5.57 Å². The highest BCUT2D eigenvalue weighted by atomic mass is 35.5. The number of benzene rings is 1. The number of hydrogen-bond donors (Lipinski definition) is 0. The van der Waals surface area contributed by atoms with Gasteiger partial charge in [0.15, 0.2) is 0 Å². The van der Waals surface area contributed by atoms with E-state index in [1.165, 1.54) is 6.08 Å². The fraction of sp³-hybridized carbons (Fsp3) is 0.100. The summed E-state index contributed by atoms with van der Waals surface area (Å²) >= 11 is 5.77. The number of halogens is 1. The summed E-state index contributed by atoms with van der Waals surface area (Å²) in [6, 6.07) is 7.41. The van der Waals surface area contributed by atoms with E-state index in [9.17, 15) is 4.79 Å². The lowest BCUT2D eigenvalue weighted by Gasteiger charge is -1.99. The molecule has 0 aliphatic heterocycles. The summed E-state index contributed by atoms with van der Waals surface area (Å²) in [5, 5.41) is 0.686. The standard InChI is InChI=1S/C10H9ClO/c1-8(5-6-12)9-3-2-4-10(11)7-9/h2-7H,1H3/b8-5+. The van der Waals surface area contributed by atoms with Gasteiger partial charge in [-0.15, -0.1) is 0 Å². The minimum atomic E-state index is 0.686. The van der Waals surface area contributed by atoms with Gasteiger partial charge in [-0.1, -0.05) is 23.7 Å². The molecule has 1 nitrogen and oxygen atoms in total. The summed E-state index contributed by atoms with van der Waals surface area (Å²) < 4.78 is 0. The van der Waals surface area contributed by atoms with E-state index in [0.29, 0.717) is 5.02 Å². The number of hydrogen-bond acceptors (Lipinski definition) is 1. The van der Waals surface area contributed by atoms with Gasteiger partial charge in [-0.25, -0.2) is 0 Å². The highest BCUT2D eigenvalue weighted by molar-refractivity contribution is 6.30. The first-order valence-electron chi connectivity index (χ1n) is 3.62. The zero-order chi connectivity index (χ0) is 8.97. The van der Waals surface area contributed by atoms with Crippen molar-refractivity contribution in [1.29, 1.82) is 0 Å². The summed E-state index contributed by atoms with van der Waals surface area (Å²) in [6.07, 6.45) is 2.29. The lowest BCUT2D eigenvalue weighted by Crippen LogP contribution is -1.79. The molecule has 0 aromatic heterocycles. The maximum atomic E-state index is 10.2. The fourth-order valence-corrected chi connectivity index (χ4v) is 1.12. The Morgan fingerprint density at radius 1 is 1.50 bits per heavy atom. The molecule has 0 bridgehead atoms. The highest BCUT2D eigenvalue weighted by Crippen LogP contribution is 2.17. The van der Waals surface area contributed by atoms with Crippen LogP contribution < -0.4 is 0 Å². The van der Waals surface area contributed by atoms with E-state index < -0.39 is 0 Å². The Morgan fingerprint density at radius 3 is 2.83 bits per heavy atom. The number of carbonyl (C=O) groups excluding carboxylic acids is 1. The van der Waals surface area contributed by atoms with Crippen LogP contribution >= 0.6 is 11.6 Å². The average molecular weight is 181 g/mol. The predicted octanol–water partition coefficient (Wildman–Crippen LogP) is 2.94. The van der Waals surface area contributed by atoms with Crippen LogP contribution in [0, 0.1) is 0 Å². The second-order valence-corrected chi connectivity index (χ2v) is 2.93. The van der Waals surface area contributed by atoms with Crippen molar-refractivity contribution in [3.63, 3.8) is 0 Å². The third kappa shape index (κ3) is 2.21. The monoisotopic (exact) mass is 180 g/mol. The third-order valence-electron chi connectivity index (χ3n) is 1.60. The molecule has 2 heteroatoms. The molecule has 1 rings (SSSR count). The molecule has 0 amide bonds. The van der Waals surface area contributed by atoms with Gasteiger partial charge in [0, 0.05) is 5.02 Å². The van der Waals surface area contributed by atoms with Gasteiger partial charge < -0.3 is 0 Å². The first-order valence-corrected chi connectivity index (χ1v) is 4.00. The van der Waals surface area contributed by atoms with Gasteiger partial charge in [0.05, 0.1) is 0 Å². The zero-order valence-corrected chi connectivity index (χ0v) is 7.51. The van der Waals surface area contributed by atoms with Crippen molar-refractivity contribution in [1.82, 2.24) is 0 Å². The van der Waals surface area contributed by atoms with Gasteiger partial charge >= 0.3 is 0 Å². The Morgan fingerprint density at radius 2 is 2.25 bits per heavy atom. The molecule has 0 spiro atoms. The fourth-order valence-electron chi connectivity index (χ4n) is 0.932. The van der Waals surface area contributed by atoms with Crippen molar-refractivity contribution in [2.45, 2.75) is 6.92 Å². The summed E-state index contributed by atoms with van der Waals surface area (Å²) in [7, 11) is 0. The first-order chi connectivity index (χ1) is 5.74. The Kier molecular flexibility index (Phi) is 3.06. The molecule has 0 fully saturated rings. The molecule has 0 aliphatic rings. The van der Waals surface area contributed by atoms with Gasteiger partial charge in [0.1, 0.15) is 6.29 Å². The van der Waals surface area contributed by atoms with Crippen molar-refractivity contribution in [3.8, 4) is 0 Å². The molecule has 0 aliphatic carbocycles. The average Bonchev–Trinajstić information content (AvgIpc) is 2.05. The van der Waals surface area contributed by atoms with Gasteiger partial charge in [-0.05, 0) is 36.3 Å². The summed E-state index contributed by atoms with van der Waals surface area (Å²) in [5.74, 6) is 0. The molecule has 0 saturated carbocycles. The Bertz CT molecular complexity index is 315. The van der Waals surface area contributed by atoms with Crippen molar-refractivity contribution in [2.24, 2.45) is 0 Å². The van der Waals surface area contributed by atoms with Crippen molar-refractivity contribution in [2.75, 3.05) is 0 Å². The molecule has 0 heterocycles. The van der Waals surface area contributed by atoms with E-state index in [1.807, 2.05) is 25.1 Å². The van der Waals surface area contributed by atoms with E-state index in [-0.39, 0.29) is 0 Å². The minimum absolute atomic E-state index is 0.686. The SMILES string of the molecule is C/C(=C\C=O)c1cccc(Cl)c1. The molecule has 0 saturated heterocycles. The molecule has 0 unspecified atom stereocenters. The largest absolute Gasteiger partial charge is 0.299 e. The lowest BCUT2D eigenvalue weighted by molar-refractivity contribution is -0.104. The van der Waals surface area contributed by atoms with Crippen LogP contribution in [0.1, 0.15) is 12.5 Å². The molecule has 0 atom stereocenters. The minimum Gasteiger partial charge on any atom is -0.299 e. The number of rotatable bonds is 2. The third-order valence-corrected chi connectivity index (χ3v) is 1.83. The van der Waals surface area contributed by atoms with Crippen LogP contribution in [0.4, 0.5) is 0 Å². The molecule has 12 heavy (non-hydrogen) atoms. The quantitative estimate of drug-likeness (QED) is 0.505. The second-order valence-electron chi connectivity index (χ2n) is 2.50. The van der Waals surface area contributed by atoms with Crippen LogP contribution in [0.2, 0.25) is 5.02 Å². The Balaban J connectivity index is 3.03. The first kappa shape index (κ1) is 9.01. The number of aldehydes is 1. The van der Waals surface area contributed by atoms with Crippen LogP contribution in [0.5, 0.6) is 0 Å². The van der Waals surface area contributed by atoms with Gasteiger partial charge in [0.2, 0.25) is 0 Å². The molecule has 62 valence electrons. The topological polar surface area (TPSA) is 17.1 Å². The lowest BCUT2D eigenvalue weighted by atomic mass is 10.1. The van der Waals surface area contributed by atoms with E-state index in [1.54, 1.807) is 6.07 Å². The van der Waals surface area contributed by atoms with Gasteiger partial charge in [-0.2, -0.15) is 0 Å². The smallest absolute Gasteiger partial charge is 0.143 e. The van der Waals surface area contributed by atoms with Crippen LogP contribution in [0.15, 0.2) is 30.3 Å². The Hall–Kier alpha value is -1.08.